The van der Waals surface area contributed by atoms with Crippen LogP contribution in [0.1, 0.15) is 69.8 Å². The summed E-state index contributed by atoms with van der Waals surface area (Å²) >= 11 is 5.77. The quantitative estimate of drug-likeness (QED) is 0.344. The van der Waals surface area contributed by atoms with Crippen molar-refractivity contribution < 1.29 is 8.78 Å². The molecule has 0 unspecified atom stereocenters. The summed E-state index contributed by atoms with van der Waals surface area (Å²) in [6.07, 6.45) is 10.4. The zero-order chi connectivity index (χ0) is 21.1. The summed E-state index contributed by atoms with van der Waals surface area (Å²) in [7, 11) is 0. The van der Waals surface area contributed by atoms with Crippen LogP contribution in [-0.2, 0) is 0 Å². The molecule has 1 fully saturated rings. The number of rotatable bonds is 6. The van der Waals surface area contributed by atoms with Gasteiger partial charge in [-0.15, -0.1) is 0 Å². The van der Waals surface area contributed by atoms with Crippen LogP contribution in [0.4, 0.5) is 8.78 Å². The van der Waals surface area contributed by atoms with Gasteiger partial charge in [0.05, 0.1) is 5.02 Å². The first-order valence-electron chi connectivity index (χ1n) is 11.2. The van der Waals surface area contributed by atoms with Gasteiger partial charge in [0.25, 0.3) is 0 Å². The van der Waals surface area contributed by atoms with Crippen LogP contribution in [0.5, 0.6) is 0 Å². The van der Waals surface area contributed by atoms with Crippen LogP contribution in [0.25, 0.3) is 21.9 Å². The third-order valence-electron chi connectivity index (χ3n) is 6.74. The van der Waals surface area contributed by atoms with Gasteiger partial charge in [0.15, 0.2) is 0 Å². The summed E-state index contributed by atoms with van der Waals surface area (Å²) < 4.78 is 29.0. The molecule has 0 bridgehead atoms. The maximum absolute atomic E-state index is 15.2. The Kier molecular flexibility index (Phi) is 6.73. The van der Waals surface area contributed by atoms with E-state index >= 15 is 4.39 Å². The summed E-state index contributed by atoms with van der Waals surface area (Å²) in [5.74, 6) is 0.618. The molecule has 0 spiro atoms. The first kappa shape index (κ1) is 21.3. The van der Waals surface area contributed by atoms with Crippen molar-refractivity contribution >= 4 is 22.4 Å². The van der Waals surface area contributed by atoms with E-state index in [1.165, 1.54) is 69.1 Å². The number of benzene rings is 3. The van der Waals surface area contributed by atoms with Crippen molar-refractivity contribution in [1.29, 1.82) is 0 Å². The Labute approximate surface area is 183 Å². The van der Waals surface area contributed by atoms with Crippen LogP contribution in [0, 0.1) is 17.6 Å². The SMILES string of the molecule is CCCCCC1CCC(c2ccc3c(F)c(-c4ccc(Cl)c(F)c4)ccc3c2)CC1. The minimum Gasteiger partial charge on any atom is -0.206 e. The van der Waals surface area contributed by atoms with Crippen LogP contribution in [0.15, 0.2) is 48.5 Å². The predicted octanol–water partition coefficient (Wildman–Crippen LogP) is 9.29. The predicted molar refractivity (Wildman–Crippen MR) is 123 cm³/mol. The molecular weight excluding hydrogens is 398 g/mol. The summed E-state index contributed by atoms with van der Waals surface area (Å²) in [6, 6.07) is 14.2. The molecule has 0 N–H and O–H groups in total. The third-order valence-corrected chi connectivity index (χ3v) is 7.05. The second-order valence-electron chi connectivity index (χ2n) is 8.75. The molecule has 3 aromatic rings. The lowest BCUT2D eigenvalue weighted by atomic mass is 9.76. The molecule has 0 nitrogen and oxygen atoms in total. The molecule has 1 aliphatic rings. The molecule has 1 aliphatic carbocycles. The Morgan fingerprint density at radius 3 is 2.43 bits per heavy atom. The maximum atomic E-state index is 15.2. The number of fused-ring (bicyclic) bond motifs is 1. The van der Waals surface area contributed by atoms with E-state index in [1.54, 1.807) is 12.1 Å². The first-order valence-corrected chi connectivity index (χ1v) is 11.6. The summed E-state index contributed by atoms with van der Waals surface area (Å²) in [6.45, 7) is 2.26. The second-order valence-corrected chi connectivity index (χ2v) is 9.16. The standard InChI is InChI=1S/C27H29ClF2/c1-2-3-4-5-18-6-8-19(9-7-18)20-10-13-23-21(16-20)11-14-24(27(23)30)22-12-15-25(28)26(29)17-22/h10-19H,2-9H2,1H3. The van der Waals surface area contributed by atoms with Crippen LogP contribution >= 0.6 is 11.6 Å². The second kappa shape index (κ2) is 9.47. The van der Waals surface area contributed by atoms with E-state index < -0.39 is 5.82 Å². The van der Waals surface area contributed by atoms with E-state index in [4.69, 9.17) is 11.6 Å². The van der Waals surface area contributed by atoms with Crippen molar-refractivity contribution in [1.82, 2.24) is 0 Å². The van der Waals surface area contributed by atoms with E-state index in [9.17, 15) is 4.39 Å². The zero-order valence-electron chi connectivity index (χ0n) is 17.6. The molecule has 30 heavy (non-hydrogen) atoms. The Morgan fingerprint density at radius 1 is 0.900 bits per heavy atom. The van der Waals surface area contributed by atoms with Gasteiger partial charge in [-0.3, -0.25) is 0 Å². The highest BCUT2D eigenvalue weighted by atomic mass is 35.5. The minimum atomic E-state index is -0.533. The fourth-order valence-corrected chi connectivity index (χ4v) is 5.04. The van der Waals surface area contributed by atoms with Crippen molar-refractivity contribution in [3.8, 4) is 11.1 Å². The molecule has 0 aromatic heterocycles. The highest BCUT2D eigenvalue weighted by Crippen LogP contribution is 2.39. The normalized spacial score (nSPS) is 19.3. The molecule has 0 heterocycles. The lowest BCUT2D eigenvalue weighted by Crippen LogP contribution is -2.13. The van der Waals surface area contributed by atoms with Gasteiger partial charge in [-0.1, -0.05) is 80.6 Å². The molecule has 0 saturated heterocycles. The Morgan fingerprint density at radius 2 is 1.70 bits per heavy atom. The first-order chi connectivity index (χ1) is 14.6. The lowest BCUT2D eigenvalue weighted by Gasteiger charge is -2.29. The molecule has 4 rings (SSSR count). The van der Waals surface area contributed by atoms with Crippen LogP contribution in [0.2, 0.25) is 5.02 Å². The fourth-order valence-electron chi connectivity index (χ4n) is 4.92. The van der Waals surface area contributed by atoms with E-state index in [2.05, 4.69) is 19.1 Å². The molecule has 158 valence electrons. The van der Waals surface area contributed by atoms with Gasteiger partial charge in [0.1, 0.15) is 11.6 Å². The van der Waals surface area contributed by atoms with Gasteiger partial charge in [0.2, 0.25) is 0 Å². The van der Waals surface area contributed by atoms with Gasteiger partial charge in [-0.25, -0.2) is 8.78 Å². The topological polar surface area (TPSA) is 0 Å². The van der Waals surface area contributed by atoms with E-state index in [0.29, 0.717) is 22.4 Å². The van der Waals surface area contributed by atoms with Gasteiger partial charge < -0.3 is 0 Å². The maximum Gasteiger partial charge on any atom is 0.142 e. The van der Waals surface area contributed by atoms with Crippen LogP contribution < -0.4 is 0 Å². The Hall–Kier alpha value is -1.93. The molecule has 1 saturated carbocycles. The monoisotopic (exact) mass is 426 g/mol. The molecule has 0 atom stereocenters. The molecule has 0 radical (unpaired) electrons. The van der Waals surface area contributed by atoms with Gasteiger partial charge >= 0.3 is 0 Å². The minimum absolute atomic E-state index is 0.0460. The van der Waals surface area contributed by atoms with Crippen molar-refractivity contribution in [2.75, 3.05) is 0 Å². The summed E-state index contributed by atoms with van der Waals surface area (Å²) in [5, 5.41) is 1.54. The van der Waals surface area contributed by atoms with E-state index in [0.717, 1.165) is 11.3 Å². The number of hydrogen-bond donors (Lipinski definition) is 0. The van der Waals surface area contributed by atoms with E-state index in [1.807, 2.05) is 12.1 Å². The number of halogens is 3. The highest BCUT2D eigenvalue weighted by Gasteiger charge is 2.22. The highest BCUT2D eigenvalue weighted by molar-refractivity contribution is 6.30. The van der Waals surface area contributed by atoms with Gasteiger partial charge in [-0.05, 0) is 66.2 Å². The summed E-state index contributed by atoms with van der Waals surface area (Å²) in [5.41, 5.74) is 2.22. The van der Waals surface area contributed by atoms with Gasteiger partial charge in [0, 0.05) is 10.9 Å². The molecule has 3 aromatic carbocycles. The van der Waals surface area contributed by atoms with Crippen molar-refractivity contribution in [3.05, 3.63) is 70.8 Å². The van der Waals surface area contributed by atoms with Crippen LogP contribution in [0.3, 0.4) is 0 Å². The third kappa shape index (κ3) is 4.54. The lowest BCUT2D eigenvalue weighted by molar-refractivity contribution is 0.303. The molecule has 0 aliphatic heterocycles. The largest absolute Gasteiger partial charge is 0.206 e. The number of hydrogen-bond acceptors (Lipinski definition) is 0. The van der Waals surface area contributed by atoms with Crippen molar-refractivity contribution in [2.24, 2.45) is 5.92 Å². The van der Waals surface area contributed by atoms with Crippen molar-refractivity contribution in [2.45, 2.75) is 64.2 Å². The Bertz CT molecular complexity index is 1020. The smallest absolute Gasteiger partial charge is 0.142 e. The molecule has 0 amide bonds. The average molecular weight is 427 g/mol. The summed E-state index contributed by atoms with van der Waals surface area (Å²) in [4.78, 5) is 0. The molecular formula is C27H29ClF2. The number of unbranched alkanes of at least 4 members (excludes halogenated alkanes) is 2. The zero-order valence-corrected chi connectivity index (χ0v) is 18.3. The fraction of sp³-hybridized carbons (Fsp3) is 0.407. The van der Waals surface area contributed by atoms with E-state index in [-0.39, 0.29) is 10.8 Å². The van der Waals surface area contributed by atoms with Gasteiger partial charge in [-0.2, -0.15) is 0 Å². The van der Waals surface area contributed by atoms with Crippen molar-refractivity contribution in [3.63, 3.8) is 0 Å². The Balaban J connectivity index is 1.52. The average Bonchev–Trinajstić information content (AvgIpc) is 2.76. The van der Waals surface area contributed by atoms with Crippen LogP contribution in [-0.4, -0.2) is 0 Å². The molecule has 3 heteroatoms.